The highest BCUT2D eigenvalue weighted by Crippen LogP contribution is 2.22. The Morgan fingerprint density at radius 2 is 2.24 bits per heavy atom. The number of nitrogen functional groups attached to an aromatic ring is 1. The van der Waals surface area contributed by atoms with Gasteiger partial charge in [-0.2, -0.15) is 0 Å². The molecule has 0 saturated heterocycles. The Hall–Kier alpha value is -1.55. The Morgan fingerprint density at radius 3 is 3.00 bits per heavy atom. The third-order valence-electron chi connectivity index (χ3n) is 2.84. The zero-order chi connectivity index (χ0) is 12.3. The molecule has 0 aliphatic rings. The minimum atomic E-state index is 0.738. The minimum absolute atomic E-state index is 0.738. The number of nitrogens with zero attached hydrogens (tertiary/aromatic N) is 1. The normalized spacial score (nSPS) is 10.5. The lowest BCUT2D eigenvalue weighted by Crippen LogP contribution is -2.05. The van der Waals surface area contributed by atoms with Crippen LogP contribution < -0.4 is 11.1 Å². The predicted octanol–water partition coefficient (Wildman–Crippen LogP) is 3.21. The fourth-order valence-corrected chi connectivity index (χ4v) is 2.63. The van der Waals surface area contributed by atoms with E-state index in [9.17, 15) is 0 Å². The van der Waals surface area contributed by atoms with Crippen molar-refractivity contribution in [1.82, 2.24) is 4.98 Å². The van der Waals surface area contributed by atoms with Crippen LogP contribution in [0.1, 0.15) is 22.9 Å². The molecule has 90 valence electrons. The lowest BCUT2D eigenvalue weighted by Gasteiger charge is -2.09. The zero-order valence-corrected chi connectivity index (χ0v) is 11.0. The van der Waals surface area contributed by atoms with Gasteiger partial charge in [-0.15, -0.1) is 11.3 Å². The summed E-state index contributed by atoms with van der Waals surface area (Å²) in [6.45, 7) is 4.96. The van der Waals surface area contributed by atoms with Crippen molar-refractivity contribution in [3.8, 4) is 0 Å². The second kappa shape index (κ2) is 5.19. The summed E-state index contributed by atoms with van der Waals surface area (Å²) in [6.07, 6.45) is 2.85. The van der Waals surface area contributed by atoms with Gasteiger partial charge in [-0.05, 0) is 42.0 Å². The molecule has 0 saturated carbocycles. The number of aromatic nitrogens is 1. The standard InChI is InChI=1S/C13H17N3S/c1-3-10-5-7-17-11(10)8-16-13-12(14)9(2)4-6-15-13/h4-7H,3,8,14H2,1-2H3,(H,15,16). The van der Waals surface area contributed by atoms with E-state index in [-0.39, 0.29) is 0 Å². The molecule has 2 heterocycles. The largest absolute Gasteiger partial charge is 0.396 e. The number of rotatable bonds is 4. The topological polar surface area (TPSA) is 50.9 Å². The fraction of sp³-hybridized carbons (Fsp3) is 0.308. The van der Waals surface area contributed by atoms with E-state index in [1.807, 2.05) is 13.0 Å². The number of pyridine rings is 1. The first kappa shape index (κ1) is 11.9. The van der Waals surface area contributed by atoms with Crippen LogP contribution in [0.15, 0.2) is 23.7 Å². The van der Waals surface area contributed by atoms with Gasteiger partial charge in [0.05, 0.1) is 12.2 Å². The molecule has 0 aromatic carbocycles. The van der Waals surface area contributed by atoms with Crippen molar-refractivity contribution in [1.29, 1.82) is 0 Å². The molecular weight excluding hydrogens is 230 g/mol. The first-order valence-electron chi connectivity index (χ1n) is 5.72. The summed E-state index contributed by atoms with van der Waals surface area (Å²) in [5.74, 6) is 0.778. The van der Waals surface area contributed by atoms with Crippen molar-refractivity contribution in [3.63, 3.8) is 0 Å². The SMILES string of the molecule is CCc1ccsc1CNc1nccc(C)c1N. The van der Waals surface area contributed by atoms with E-state index >= 15 is 0 Å². The maximum atomic E-state index is 5.97. The lowest BCUT2D eigenvalue weighted by atomic mass is 10.2. The van der Waals surface area contributed by atoms with Gasteiger partial charge in [0.1, 0.15) is 5.82 Å². The number of nitrogens with one attached hydrogen (secondary N) is 1. The monoisotopic (exact) mass is 247 g/mol. The van der Waals surface area contributed by atoms with Crippen molar-refractivity contribution in [2.45, 2.75) is 26.8 Å². The van der Waals surface area contributed by atoms with Crippen LogP contribution in [0.4, 0.5) is 11.5 Å². The molecular formula is C13H17N3S. The molecule has 17 heavy (non-hydrogen) atoms. The van der Waals surface area contributed by atoms with Crippen LogP contribution in [0, 0.1) is 6.92 Å². The summed E-state index contributed by atoms with van der Waals surface area (Å²) >= 11 is 1.77. The highest BCUT2D eigenvalue weighted by atomic mass is 32.1. The highest BCUT2D eigenvalue weighted by Gasteiger charge is 2.05. The first-order valence-corrected chi connectivity index (χ1v) is 6.60. The van der Waals surface area contributed by atoms with E-state index in [0.29, 0.717) is 0 Å². The lowest BCUT2D eigenvalue weighted by molar-refractivity contribution is 1.07. The molecule has 0 amide bonds. The summed E-state index contributed by atoms with van der Waals surface area (Å²) in [5, 5.41) is 5.43. The van der Waals surface area contributed by atoms with Gasteiger partial charge in [-0.25, -0.2) is 4.98 Å². The summed E-state index contributed by atoms with van der Waals surface area (Å²) in [7, 11) is 0. The van der Waals surface area contributed by atoms with E-state index in [4.69, 9.17) is 5.73 Å². The molecule has 2 aromatic heterocycles. The Bertz CT molecular complexity index is 505. The van der Waals surface area contributed by atoms with Gasteiger partial charge in [0.2, 0.25) is 0 Å². The van der Waals surface area contributed by atoms with Crippen molar-refractivity contribution in [3.05, 3.63) is 39.7 Å². The number of nitrogens with two attached hydrogens (primary N) is 1. The van der Waals surface area contributed by atoms with E-state index in [1.165, 1.54) is 10.4 Å². The number of aryl methyl sites for hydroxylation is 2. The number of thiophene rings is 1. The Labute approximate surface area is 106 Å². The molecule has 3 nitrogen and oxygen atoms in total. The van der Waals surface area contributed by atoms with E-state index < -0.39 is 0 Å². The average molecular weight is 247 g/mol. The molecule has 0 unspecified atom stereocenters. The summed E-state index contributed by atoms with van der Waals surface area (Å²) in [5.41, 5.74) is 9.17. The van der Waals surface area contributed by atoms with Crippen molar-refractivity contribution in [2.24, 2.45) is 0 Å². The molecule has 0 aliphatic carbocycles. The molecule has 0 aliphatic heterocycles. The van der Waals surface area contributed by atoms with Crippen LogP contribution in [0.25, 0.3) is 0 Å². The van der Waals surface area contributed by atoms with Crippen LogP contribution in [-0.4, -0.2) is 4.98 Å². The van der Waals surface area contributed by atoms with Crippen molar-refractivity contribution >= 4 is 22.8 Å². The smallest absolute Gasteiger partial charge is 0.149 e. The van der Waals surface area contributed by atoms with Crippen molar-refractivity contribution in [2.75, 3.05) is 11.1 Å². The third-order valence-corrected chi connectivity index (χ3v) is 3.81. The summed E-state index contributed by atoms with van der Waals surface area (Å²) < 4.78 is 0. The molecule has 0 bridgehead atoms. The Balaban J connectivity index is 2.10. The van der Waals surface area contributed by atoms with Crippen LogP contribution in [-0.2, 0) is 13.0 Å². The third kappa shape index (κ3) is 2.58. The van der Waals surface area contributed by atoms with Crippen molar-refractivity contribution < 1.29 is 0 Å². The van der Waals surface area contributed by atoms with Gasteiger partial charge in [0.25, 0.3) is 0 Å². The van der Waals surface area contributed by atoms with Gasteiger partial charge < -0.3 is 11.1 Å². The second-order valence-corrected chi connectivity index (χ2v) is 4.97. The van der Waals surface area contributed by atoms with E-state index in [0.717, 1.165) is 30.0 Å². The maximum absolute atomic E-state index is 5.97. The molecule has 2 rings (SSSR count). The molecule has 0 spiro atoms. The number of hydrogen-bond donors (Lipinski definition) is 2. The van der Waals surface area contributed by atoms with Gasteiger partial charge in [0.15, 0.2) is 0 Å². The molecule has 0 fully saturated rings. The molecule has 3 N–H and O–H groups in total. The molecule has 0 radical (unpaired) electrons. The first-order chi connectivity index (χ1) is 8.22. The van der Waals surface area contributed by atoms with Crippen LogP contribution in [0.2, 0.25) is 0 Å². The predicted molar refractivity (Wildman–Crippen MR) is 74.4 cm³/mol. The zero-order valence-electron chi connectivity index (χ0n) is 10.2. The molecule has 4 heteroatoms. The van der Waals surface area contributed by atoms with Crippen LogP contribution in [0.3, 0.4) is 0 Å². The van der Waals surface area contributed by atoms with E-state index in [1.54, 1.807) is 17.5 Å². The van der Waals surface area contributed by atoms with Gasteiger partial charge in [-0.1, -0.05) is 6.92 Å². The summed E-state index contributed by atoms with van der Waals surface area (Å²) in [4.78, 5) is 5.62. The molecule has 2 aromatic rings. The average Bonchev–Trinajstić information content (AvgIpc) is 2.78. The number of hydrogen-bond acceptors (Lipinski definition) is 4. The quantitative estimate of drug-likeness (QED) is 0.872. The highest BCUT2D eigenvalue weighted by molar-refractivity contribution is 7.10. The maximum Gasteiger partial charge on any atom is 0.149 e. The van der Waals surface area contributed by atoms with Crippen LogP contribution in [0.5, 0.6) is 0 Å². The fourth-order valence-electron chi connectivity index (χ4n) is 1.71. The van der Waals surface area contributed by atoms with Gasteiger partial charge in [-0.3, -0.25) is 0 Å². The number of anilines is 2. The van der Waals surface area contributed by atoms with Crippen LogP contribution >= 0.6 is 11.3 Å². The van der Waals surface area contributed by atoms with E-state index in [2.05, 4.69) is 28.7 Å². The molecule has 0 atom stereocenters. The van der Waals surface area contributed by atoms with Gasteiger partial charge >= 0.3 is 0 Å². The Kier molecular flexibility index (Phi) is 3.64. The second-order valence-electron chi connectivity index (χ2n) is 3.97. The Morgan fingerprint density at radius 1 is 1.41 bits per heavy atom. The minimum Gasteiger partial charge on any atom is -0.396 e. The summed E-state index contributed by atoms with van der Waals surface area (Å²) in [6, 6.07) is 4.10. The van der Waals surface area contributed by atoms with Gasteiger partial charge in [0, 0.05) is 11.1 Å².